The van der Waals surface area contributed by atoms with Crippen molar-refractivity contribution in [1.82, 2.24) is 4.98 Å². The Bertz CT molecular complexity index is 528. The van der Waals surface area contributed by atoms with Gasteiger partial charge in [-0.25, -0.2) is 9.78 Å². The molecule has 4 heteroatoms. The van der Waals surface area contributed by atoms with Crippen molar-refractivity contribution in [1.29, 1.82) is 0 Å². The van der Waals surface area contributed by atoms with E-state index in [9.17, 15) is 4.79 Å². The summed E-state index contributed by atoms with van der Waals surface area (Å²) in [6.07, 6.45) is 0.716. The van der Waals surface area contributed by atoms with Crippen molar-refractivity contribution in [2.24, 2.45) is 5.92 Å². The summed E-state index contributed by atoms with van der Waals surface area (Å²) in [5, 5.41) is 8.99. The summed E-state index contributed by atoms with van der Waals surface area (Å²) in [6, 6.07) is 4.93. The zero-order valence-corrected chi connectivity index (χ0v) is 9.23. The van der Waals surface area contributed by atoms with Crippen LogP contribution in [0.5, 0.6) is 0 Å². The van der Waals surface area contributed by atoms with Crippen LogP contribution in [0.25, 0.3) is 11.1 Å². The van der Waals surface area contributed by atoms with Crippen molar-refractivity contribution >= 4 is 17.1 Å². The Balaban J connectivity index is 2.52. The van der Waals surface area contributed by atoms with Gasteiger partial charge in [0.25, 0.3) is 0 Å². The molecule has 0 amide bonds. The number of nitrogens with zero attached hydrogens (tertiary/aromatic N) is 1. The number of oxazole rings is 1. The maximum atomic E-state index is 11.0. The smallest absolute Gasteiger partial charge is 0.338 e. The molecule has 0 atom stereocenters. The number of aromatic nitrogens is 1. The van der Waals surface area contributed by atoms with E-state index in [0.717, 1.165) is 0 Å². The molecule has 0 saturated carbocycles. The maximum Gasteiger partial charge on any atom is 0.338 e. The van der Waals surface area contributed by atoms with Crippen LogP contribution in [0.15, 0.2) is 22.6 Å². The van der Waals surface area contributed by atoms with E-state index >= 15 is 0 Å². The van der Waals surface area contributed by atoms with Gasteiger partial charge in [-0.1, -0.05) is 19.9 Å². The fourth-order valence-electron chi connectivity index (χ4n) is 1.60. The molecule has 0 fully saturated rings. The van der Waals surface area contributed by atoms with Crippen molar-refractivity contribution < 1.29 is 14.3 Å². The number of hydrogen-bond acceptors (Lipinski definition) is 3. The molecular formula is C12H13NO3. The Morgan fingerprint density at radius 2 is 2.25 bits per heavy atom. The van der Waals surface area contributed by atoms with Crippen molar-refractivity contribution in [3.8, 4) is 0 Å². The molecule has 1 N–H and O–H groups in total. The molecular weight excluding hydrogens is 206 g/mol. The summed E-state index contributed by atoms with van der Waals surface area (Å²) in [5.41, 5.74) is 1.16. The van der Waals surface area contributed by atoms with E-state index in [1.165, 1.54) is 6.07 Å². The molecule has 1 heterocycles. The molecule has 0 saturated heterocycles. The van der Waals surface area contributed by atoms with Crippen molar-refractivity contribution in [3.05, 3.63) is 29.7 Å². The predicted molar refractivity (Wildman–Crippen MR) is 59.5 cm³/mol. The van der Waals surface area contributed by atoms with E-state index in [1.54, 1.807) is 12.1 Å². The lowest BCUT2D eigenvalue weighted by Gasteiger charge is -1.96. The maximum absolute atomic E-state index is 11.0. The third kappa shape index (κ3) is 1.91. The van der Waals surface area contributed by atoms with Crippen LogP contribution in [0.1, 0.15) is 30.1 Å². The quantitative estimate of drug-likeness (QED) is 0.862. The number of carboxylic acid groups (broad SMARTS) is 1. The van der Waals surface area contributed by atoms with Crippen LogP contribution in [0.2, 0.25) is 0 Å². The molecule has 1 aromatic carbocycles. The van der Waals surface area contributed by atoms with Crippen LogP contribution in [0.4, 0.5) is 0 Å². The Morgan fingerprint density at radius 1 is 1.50 bits per heavy atom. The Kier molecular flexibility index (Phi) is 2.64. The number of hydrogen-bond donors (Lipinski definition) is 1. The molecule has 0 unspecified atom stereocenters. The average Bonchev–Trinajstić information content (AvgIpc) is 2.57. The molecule has 0 aliphatic rings. The van der Waals surface area contributed by atoms with E-state index in [2.05, 4.69) is 18.8 Å². The molecule has 2 rings (SSSR count). The van der Waals surface area contributed by atoms with Gasteiger partial charge in [0.05, 0.1) is 5.56 Å². The van der Waals surface area contributed by atoms with E-state index in [1.807, 2.05) is 0 Å². The Hall–Kier alpha value is -1.84. The molecule has 0 aliphatic carbocycles. The number of carboxylic acids is 1. The normalized spacial score (nSPS) is 11.2. The lowest BCUT2D eigenvalue weighted by atomic mass is 10.1. The highest BCUT2D eigenvalue weighted by Gasteiger charge is 2.14. The lowest BCUT2D eigenvalue weighted by Crippen LogP contribution is -1.97. The van der Waals surface area contributed by atoms with Crippen LogP contribution in [-0.2, 0) is 6.42 Å². The van der Waals surface area contributed by atoms with E-state index in [0.29, 0.717) is 29.3 Å². The summed E-state index contributed by atoms with van der Waals surface area (Å²) in [5.74, 6) is 0.0510. The molecule has 0 aliphatic heterocycles. The largest absolute Gasteiger partial charge is 0.478 e. The van der Waals surface area contributed by atoms with Gasteiger partial charge >= 0.3 is 5.97 Å². The molecule has 84 valence electrons. The second-order valence-electron chi connectivity index (χ2n) is 4.16. The van der Waals surface area contributed by atoms with E-state index in [-0.39, 0.29) is 5.56 Å². The van der Waals surface area contributed by atoms with Gasteiger partial charge in [-0.3, -0.25) is 0 Å². The highest BCUT2D eigenvalue weighted by Crippen LogP contribution is 2.21. The Morgan fingerprint density at radius 3 is 2.88 bits per heavy atom. The predicted octanol–water partition coefficient (Wildman–Crippen LogP) is 2.72. The number of fused-ring (bicyclic) bond motifs is 1. The first-order valence-electron chi connectivity index (χ1n) is 5.19. The molecule has 0 spiro atoms. The zero-order chi connectivity index (χ0) is 11.7. The second-order valence-corrected chi connectivity index (χ2v) is 4.16. The number of benzene rings is 1. The standard InChI is InChI=1S/C12H13NO3/c1-7(2)6-10-13-11-8(12(14)15)4-3-5-9(11)16-10/h3-5,7H,6H2,1-2H3,(H,14,15). The first-order valence-corrected chi connectivity index (χ1v) is 5.19. The fourth-order valence-corrected chi connectivity index (χ4v) is 1.60. The molecule has 4 nitrogen and oxygen atoms in total. The number of para-hydroxylation sites is 1. The van der Waals surface area contributed by atoms with Crippen LogP contribution in [0.3, 0.4) is 0 Å². The van der Waals surface area contributed by atoms with Crippen molar-refractivity contribution in [3.63, 3.8) is 0 Å². The van der Waals surface area contributed by atoms with Crippen LogP contribution < -0.4 is 0 Å². The molecule has 1 aromatic heterocycles. The average molecular weight is 219 g/mol. The molecule has 2 aromatic rings. The fraction of sp³-hybridized carbons (Fsp3) is 0.333. The highest BCUT2D eigenvalue weighted by atomic mass is 16.4. The number of aromatic carboxylic acids is 1. The molecule has 0 radical (unpaired) electrons. The van der Waals surface area contributed by atoms with Crippen molar-refractivity contribution in [2.45, 2.75) is 20.3 Å². The minimum atomic E-state index is -0.977. The number of carbonyl (C=O) groups is 1. The topological polar surface area (TPSA) is 63.3 Å². The van der Waals surface area contributed by atoms with E-state index < -0.39 is 5.97 Å². The summed E-state index contributed by atoms with van der Waals surface area (Å²) >= 11 is 0. The summed E-state index contributed by atoms with van der Waals surface area (Å²) in [7, 11) is 0. The minimum Gasteiger partial charge on any atom is -0.478 e. The van der Waals surface area contributed by atoms with Crippen LogP contribution in [-0.4, -0.2) is 16.1 Å². The molecule has 16 heavy (non-hydrogen) atoms. The minimum absolute atomic E-state index is 0.191. The van der Waals surface area contributed by atoms with E-state index in [4.69, 9.17) is 9.52 Å². The first kappa shape index (κ1) is 10.7. The van der Waals surface area contributed by atoms with Gasteiger partial charge < -0.3 is 9.52 Å². The number of rotatable bonds is 3. The van der Waals surface area contributed by atoms with Gasteiger partial charge in [-0.2, -0.15) is 0 Å². The monoisotopic (exact) mass is 219 g/mol. The van der Waals surface area contributed by atoms with Gasteiger partial charge in [-0.05, 0) is 18.1 Å². The van der Waals surface area contributed by atoms with Crippen molar-refractivity contribution in [2.75, 3.05) is 0 Å². The summed E-state index contributed by atoms with van der Waals surface area (Å²) < 4.78 is 5.50. The zero-order valence-electron chi connectivity index (χ0n) is 9.23. The van der Waals surface area contributed by atoms with Crippen LogP contribution in [0, 0.1) is 5.92 Å². The first-order chi connectivity index (χ1) is 7.58. The Labute approximate surface area is 92.9 Å². The SMILES string of the molecule is CC(C)Cc1nc2c(C(=O)O)cccc2o1. The van der Waals surface area contributed by atoms with Gasteiger partial charge in [0, 0.05) is 6.42 Å². The van der Waals surface area contributed by atoms with Gasteiger partial charge in [0.2, 0.25) is 0 Å². The van der Waals surface area contributed by atoms with Crippen LogP contribution >= 0.6 is 0 Å². The third-order valence-electron chi connectivity index (χ3n) is 2.28. The third-order valence-corrected chi connectivity index (χ3v) is 2.28. The van der Waals surface area contributed by atoms with Gasteiger partial charge in [0.15, 0.2) is 11.5 Å². The lowest BCUT2D eigenvalue weighted by molar-refractivity contribution is 0.0699. The van der Waals surface area contributed by atoms with Gasteiger partial charge in [0.1, 0.15) is 5.52 Å². The summed E-state index contributed by atoms with van der Waals surface area (Å²) in [6.45, 7) is 4.12. The highest BCUT2D eigenvalue weighted by molar-refractivity contribution is 6.00. The van der Waals surface area contributed by atoms with Gasteiger partial charge in [-0.15, -0.1) is 0 Å². The molecule has 0 bridgehead atoms. The summed E-state index contributed by atoms with van der Waals surface area (Å²) in [4.78, 5) is 15.2. The second kappa shape index (κ2) is 3.96.